The lowest BCUT2D eigenvalue weighted by Crippen LogP contribution is -2.27. The zero-order valence-electron chi connectivity index (χ0n) is 13.6. The van der Waals surface area contributed by atoms with Crippen molar-refractivity contribution in [2.24, 2.45) is 0 Å². The van der Waals surface area contributed by atoms with Crippen molar-refractivity contribution in [3.63, 3.8) is 0 Å². The van der Waals surface area contributed by atoms with Crippen LogP contribution in [0.5, 0.6) is 0 Å². The van der Waals surface area contributed by atoms with E-state index in [1.807, 2.05) is 36.7 Å². The average molecular weight is 353 g/mol. The van der Waals surface area contributed by atoms with Crippen LogP contribution in [0.25, 0.3) is 22.5 Å². The van der Waals surface area contributed by atoms with Crippen LogP contribution in [0.1, 0.15) is 24.3 Å². The maximum Gasteiger partial charge on any atom is 0.321 e. The molecular formula is C19H17ClN4O. The number of rotatable bonds is 3. The van der Waals surface area contributed by atoms with Crippen LogP contribution in [0.4, 0.5) is 10.5 Å². The molecule has 5 rings (SSSR count). The first-order valence-electron chi connectivity index (χ1n) is 8.53. The molecule has 2 fully saturated rings. The van der Waals surface area contributed by atoms with E-state index in [0.717, 1.165) is 33.2 Å². The molecule has 2 N–H and O–H groups in total. The zero-order chi connectivity index (χ0) is 17.0. The van der Waals surface area contributed by atoms with Crippen LogP contribution in [0.2, 0.25) is 5.02 Å². The van der Waals surface area contributed by atoms with Crippen LogP contribution in [0, 0.1) is 0 Å². The lowest BCUT2D eigenvalue weighted by molar-refractivity contribution is 0.252. The smallest absolute Gasteiger partial charge is 0.321 e. The van der Waals surface area contributed by atoms with Crippen molar-refractivity contribution < 1.29 is 4.79 Å². The Morgan fingerprint density at radius 2 is 2.16 bits per heavy atom. The van der Waals surface area contributed by atoms with Gasteiger partial charge < -0.3 is 10.3 Å². The number of hydrogen-bond acceptors (Lipinski definition) is 2. The number of fused-ring (bicyclic) bond motifs is 1. The van der Waals surface area contributed by atoms with Gasteiger partial charge in [-0.1, -0.05) is 23.7 Å². The van der Waals surface area contributed by atoms with Gasteiger partial charge in [-0.3, -0.25) is 4.90 Å². The van der Waals surface area contributed by atoms with E-state index in [2.05, 4.69) is 15.3 Å². The molecule has 6 heteroatoms. The number of nitrogens with zero attached hydrogens (tertiary/aromatic N) is 2. The molecule has 4 aliphatic rings. The van der Waals surface area contributed by atoms with Crippen LogP contribution in [-0.2, 0) is 0 Å². The molecule has 3 heterocycles. The Morgan fingerprint density at radius 1 is 1.28 bits per heavy atom. The van der Waals surface area contributed by atoms with Gasteiger partial charge >= 0.3 is 6.03 Å². The first kappa shape index (κ1) is 14.8. The Kier molecular flexibility index (Phi) is 3.25. The van der Waals surface area contributed by atoms with E-state index >= 15 is 0 Å². The third-order valence-electron chi connectivity index (χ3n) is 5.01. The number of aromatic amines is 1. The number of halogens is 1. The number of anilines is 1. The molecular weight excluding hydrogens is 336 g/mol. The first-order chi connectivity index (χ1) is 12.2. The summed E-state index contributed by atoms with van der Waals surface area (Å²) in [6.45, 7) is 1.36. The molecule has 1 saturated carbocycles. The van der Waals surface area contributed by atoms with E-state index in [9.17, 15) is 4.79 Å². The normalized spacial score (nSPS) is 17.3. The molecule has 2 amide bonds. The molecule has 0 spiro atoms. The number of carbonyl (C=O) groups excluding carboxylic acids is 1. The predicted molar refractivity (Wildman–Crippen MR) is 98.4 cm³/mol. The summed E-state index contributed by atoms with van der Waals surface area (Å²) < 4.78 is 0. The highest BCUT2D eigenvalue weighted by Crippen LogP contribution is 2.48. The third-order valence-corrected chi connectivity index (χ3v) is 5.42. The minimum atomic E-state index is -0.0509. The first-order valence-corrected chi connectivity index (χ1v) is 8.91. The standard InChI is InChI=1S/C19H17ClN4O/c20-17-15(11-4-5-11)10-23-18-16(17)14(9-22-18)12-2-1-3-13(8-12)24-7-6-21-19(24)25/h1-3,8-11H,4-7H2,(H,21,25)(H,22,23). The van der Waals surface area contributed by atoms with Crippen LogP contribution >= 0.6 is 11.6 Å². The van der Waals surface area contributed by atoms with E-state index in [0.29, 0.717) is 19.0 Å². The summed E-state index contributed by atoms with van der Waals surface area (Å²) in [6.07, 6.45) is 6.24. The molecule has 1 saturated heterocycles. The van der Waals surface area contributed by atoms with Crippen molar-refractivity contribution in [3.8, 4) is 22.5 Å². The van der Waals surface area contributed by atoms with E-state index in [-0.39, 0.29) is 6.03 Å². The summed E-state index contributed by atoms with van der Waals surface area (Å²) in [5.41, 5.74) is 5.05. The number of amides is 2. The Hall–Kier alpha value is -2.53. The van der Waals surface area contributed by atoms with Crippen molar-refractivity contribution in [2.45, 2.75) is 18.8 Å². The van der Waals surface area contributed by atoms with E-state index in [1.54, 1.807) is 4.90 Å². The molecule has 1 aliphatic carbocycles. The lowest BCUT2D eigenvalue weighted by atomic mass is 10.00. The fraction of sp³-hybridized carbons (Fsp3) is 0.263. The Morgan fingerprint density at radius 3 is 2.92 bits per heavy atom. The van der Waals surface area contributed by atoms with E-state index < -0.39 is 0 Å². The van der Waals surface area contributed by atoms with Crippen molar-refractivity contribution >= 4 is 23.3 Å². The molecule has 126 valence electrons. The van der Waals surface area contributed by atoms with Crippen molar-refractivity contribution in [3.05, 3.63) is 47.2 Å². The van der Waals surface area contributed by atoms with Crippen LogP contribution < -0.4 is 10.2 Å². The van der Waals surface area contributed by atoms with Crippen molar-refractivity contribution in [1.29, 1.82) is 0 Å². The summed E-state index contributed by atoms with van der Waals surface area (Å²) in [4.78, 5) is 21.5. The highest BCUT2D eigenvalue weighted by atomic mass is 35.5. The average Bonchev–Trinajstić information content (AvgIpc) is 3.21. The highest BCUT2D eigenvalue weighted by molar-refractivity contribution is 6.35. The minimum absolute atomic E-state index is 0.0509. The lowest BCUT2D eigenvalue weighted by Gasteiger charge is -2.16. The van der Waals surface area contributed by atoms with E-state index in [1.165, 1.54) is 18.4 Å². The SMILES string of the molecule is O=C1NCCN1c1cccc(-c2cnc3[nH]cc(C4CC4)c(Cl)c2-3)c1. The van der Waals surface area contributed by atoms with Crippen LogP contribution in [0.3, 0.4) is 0 Å². The maximum absolute atomic E-state index is 11.9. The van der Waals surface area contributed by atoms with Gasteiger partial charge in [0.25, 0.3) is 0 Å². The fourth-order valence-electron chi connectivity index (χ4n) is 3.54. The van der Waals surface area contributed by atoms with Gasteiger partial charge in [0, 0.05) is 42.3 Å². The molecule has 25 heavy (non-hydrogen) atoms. The highest BCUT2D eigenvalue weighted by Gasteiger charge is 2.30. The number of carbonyl (C=O) groups is 1. The number of urea groups is 1. The second-order valence-corrected chi connectivity index (χ2v) is 7.04. The van der Waals surface area contributed by atoms with Gasteiger partial charge in [0.1, 0.15) is 5.82 Å². The largest absolute Gasteiger partial charge is 0.346 e. The summed E-state index contributed by atoms with van der Waals surface area (Å²) >= 11 is 6.73. The molecule has 0 atom stereocenters. The number of aromatic nitrogens is 2. The fourth-order valence-corrected chi connectivity index (χ4v) is 3.94. The van der Waals surface area contributed by atoms with Gasteiger partial charge in [0.15, 0.2) is 0 Å². The van der Waals surface area contributed by atoms with Gasteiger partial charge in [-0.05, 0) is 42.0 Å². The van der Waals surface area contributed by atoms with Gasteiger partial charge in [-0.15, -0.1) is 0 Å². The topological polar surface area (TPSA) is 61.0 Å². The molecule has 1 aromatic carbocycles. The summed E-state index contributed by atoms with van der Waals surface area (Å²) in [5.74, 6) is 1.37. The number of benzene rings is 1. The number of H-pyrrole nitrogens is 1. The number of hydrogen-bond donors (Lipinski definition) is 2. The van der Waals surface area contributed by atoms with Gasteiger partial charge in [0.2, 0.25) is 0 Å². The molecule has 5 nitrogen and oxygen atoms in total. The van der Waals surface area contributed by atoms with Gasteiger partial charge in [-0.2, -0.15) is 0 Å². The quantitative estimate of drug-likeness (QED) is 0.740. The third kappa shape index (κ3) is 2.38. The molecule has 0 bridgehead atoms. The van der Waals surface area contributed by atoms with Crippen LogP contribution in [-0.4, -0.2) is 29.1 Å². The molecule has 0 radical (unpaired) electrons. The summed E-state index contributed by atoms with van der Waals surface area (Å²) in [5, 5.41) is 3.64. The Bertz CT molecular complexity index is 946. The molecule has 0 aromatic heterocycles. The van der Waals surface area contributed by atoms with Gasteiger partial charge in [0.05, 0.1) is 5.02 Å². The number of pyridine rings is 1. The van der Waals surface area contributed by atoms with Crippen molar-refractivity contribution in [2.75, 3.05) is 18.0 Å². The Balaban J connectivity index is 1.62. The second-order valence-electron chi connectivity index (χ2n) is 6.66. The van der Waals surface area contributed by atoms with Gasteiger partial charge in [-0.25, -0.2) is 9.78 Å². The Labute approximate surface area is 150 Å². The zero-order valence-corrected chi connectivity index (χ0v) is 14.3. The monoisotopic (exact) mass is 352 g/mol. The van der Waals surface area contributed by atoms with Crippen LogP contribution in [0.15, 0.2) is 36.7 Å². The molecule has 3 aliphatic heterocycles. The summed E-state index contributed by atoms with van der Waals surface area (Å²) in [7, 11) is 0. The summed E-state index contributed by atoms with van der Waals surface area (Å²) in [6, 6.07) is 7.94. The van der Waals surface area contributed by atoms with Crippen molar-refractivity contribution in [1.82, 2.24) is 15.3 Å². The number of nitrogens with one attached hydrogen (secondary N) is 2. The molecule has 0 unspecified atom stereocenters. The second kappa shape index (κ2) is 5.49. The van der Waals surface area contributed by atoms with E-state index in [4.69, 9.17) is 11.6 Å². The predicted octanol–water partition coefficient (Wildman–Crippen LogP) is 4.24. The maximum atomic E-state index is 11.9. The molecule has 1 aromatic rings. The minimum Gasteiger partial charge on any atom is -0.346 e.